The summed E-state index contributed by atoms with van der Waals surface area (Å²) in [5, 5.41) is 3.06. The quantitative estimate of drug-likeness (QED) is 0.817. The molecule has 1 N–H and O–H groups in total. The number of halogens is 1. The molecular formula is C11H18BrN3O. The zero-order chi connectivity index (χ0) is 12.0. The summed E-state index contributed by atoms with van der Waals surface area (Å²) in [5.74, 6) is 1.68. The molecule has 90 valence electrons. The topological polar surface area (TPSA) is 47.0 Å². The minimum Gasteiger partial charge on any atom is -0.381 e. The summed E-state index contributed by atoms with van der Waals surface area (Å²) >= 11 is 3.50. The fourth-order valence-electron chi connectivity index (χ4n) is 1.36. The van der Waals surface area contributed by atoms with Crippen LogP contribution in [-0.4, -0.2) is 30.2 Å². The predicted octanol–water partition coefficient (Wildman–Crippen LogP) is 2.42. The lowest BCUT2D eigenvalue weighted by Crippen LogP contribution is -2.08. The van der Waals surface area contributed by atoms with E-state index in [1.807, 2.05) is 14.0 Å². The van der Waals surface area contributed by atoms with Crippen LogP contribution in [0, 0.1) is 0 Å². The van der Waals surface area contributed by atoms with Crippen molar-refractivity contribution in [3.05, 3.63) is 16.0 Å². The van der Waals surface area contributed by atoms with Gasteiger partial charge in [0.15, 0.2) is 0 Å². The Kier molecular flexibility index (Phi) is 5.69. The molecule has 16 heavy (non-hydrogen) atoms. The van der Waals surface area contributed by atoms with Gasteiger partial charge in [-0.2, -0.15) is 0 Å². The van der Waals surface area contributed by atoms with Crippen LogP contribution >= 0.6 is 15.9 Å². The molecule has 0 aliphatic rings. The van der Waals surface area contributed by atoms with E-state index in [0.717, 1.165) is 41.3 Å². The Morgan fingerprint density at radius 3 is 2.62 bits per heavy atom. The highest BCUT2D eigenvalue weighted by Crippen LogP contribution is 2.23. The highest BCUT2D eigenvalue weighted by molar-refractivity contribution is 9.10. The van der Waals surface area contributed by atoms with Crippen molar-refractivity contribution in [1.29, 1.82) is 0 Å². The van der Waals surface area contributed by atoms with Gasteiger partial charge in [-0.1, -0.05) is 6.92 Å². The monoisotopic (exact) mass is 287 g/mol. The van der Waals surface area contributed by atoms with Gasteiger partial charge in [-0.25, -0.2) is 9.97 Å². The van der Waals surface area contributed by atoms with E-state index < -0.39 is 0 Å². The first kappa shape index (κ1) is 13.4. The number of nitrogens with one attached hydrogen (secondary N) is 1. The van der Waals surface area contributed by atoms with E-state index in [-0.39, 0.29) is 0 Å². The summed E-state index contributed by atoms with van der Waals surface area (Å²) in [6.45, 7) is 5.47. The highest BCUT2D eigenvalue weighted by atomic mass is 79.9. The average Bonchev–Trinajstić information content (AvgIpc) is 2.31. The number of nitrogens with zero attached hydrogens (tertiary/aromatic N) is 2. The van der Waals surface area contributed by atoms with Crippen LogP contribution in [-0.2, 0) is 17.6 Å². The summed E-state index contributed by atoms with van der Waals surface area (Å²) in [6.07, 6.45) is 1.64. The van der Waals surface area contributed by atoms with Crippen molar-refractivity contribution in [3.8, 4) is 0 Å². The molecular weight excluding hydrogens is 270 g/mol. The van der Waals surface area contributed by atoms with Crippen molar-refractivity contribution >= 4 is 21.7 Å². The van der Waals surface area contributed by atoms with E-state index in [9.17, 15) is 0 Å². The highest BCUT2D eigenvalue weighted by Gasteiger charge is 2.09. The van der Waals surface area contributed by atoms with E-state index >= 15 is 0 Å². The third kappa shape index (κ3) is 3.42. The van der Waals surface area contributed by atoms with E-state index in [4.69, 9.17) is 4.74 Å². The lowest BCUT2D eigenvalue weighted by Gasteiger charge is -2.09. The molecule has 0 saturated heterocycles. The smallest absolute Gasteiger partial charge is 0.144 e. The summed E-state index contributed by atoms with van der Waals surface area (Å²) in [5.41, 5.74) is 1.03. The first-order valence-corrected chi connectivity index (χ1v) is 6.33. The van der Waals surface area contributed by atoms with Crippen LogP contribution in [0.5, 0.6) is 0 Å². The number of rotatable bonds is 6. The minimum absolute atomic E-state index is 0.671. The Morgan fingerprint density at radius 2 is 2.06 bits per heavy atom. The maximum absolute atomic E-state index is 5.30. The molecule has 0 saturated carbocycles. The number of ether oxygens (including phenoxy) is 1. The molecule has 0 aliphatic carbocycles. The molecule has 1 heterocycles. The van der Waals surface area contributed by atoms with Gasteiger partial charge in [-0.3, -0.25) is 0 Å². The maximum Gasteiger partial charge on any atom is 0.144 e. The summed E-state index contributed by atoms with van der Waals surface area (Å²) in [4.78, 5) is 8.92. The van der Waals surface area contributed by atoms with Gasteiger partial charge in [0.25, 0.3) is 0 Å². The molecule has 0 bridgehead atoms. The molecule has 0 spiro atoms. The number of hydrogen-bond acceptors (Lipinski definition) is 4. The largest absolute Gasteiger partial charge is 0.381 e. The first-order chi connectivity index (χ1) is 7.72. The third-order valence-corrected chi connectivity index (χ3v) is 3.05. The van der Waals surface area contributed by atoms with Crippen molar-refractivity contribution in [2.45, 2.75) is 26.7 Å². The van der Waals surface area contributed by atoms with Crippen LogP contribution in [0.25, 0.3) is 0 Å². The summed E-state index contributed by atoms with van der Waals surface area (Å²) in [7, 11) is 1.86. The van der Waals surface area contributed by atoms with Gasteiger partial charge < -0.3 is 10.1 Å². The molecule has 4 nitrogen and oxygen atoms in total. The first-order valence-electron chi connectivity index (χ1n) is 5.53. The van der Waals surface area contributed by atoms with Crippen LogP contribution in [0.4, 0.5) is 5.82 Å². The van der Waals surface area contributed by atoms with Gasteiger partial charge >= 0.3 is 0 Å². The second-order valence-electron chi connectivity index (χ2n) is 3.30. The third-order valence-electron chi connectivity index (χ3n) is 2.21. The fraction of sp³-hybridized carbons (Fsp3) is 0.636. The van der Waals surface area contributed by atoms with Crippen molar-refractivity contribution in [1.82, 2.24) is 9.97 Å². The van der Waals surface area contributed by atoms with Crippen LogP contribution in [0.2, 0.25) is 0 Å². The number of anilines is 1. The van der Waals surface area contributed by atoms with Gasteiger partial charge in [0.05, 0.1) is 16.8 Å². The van der Waals surface area contributed by atoms with Gasteiger partial charge in [-0.15, -0.1) is 0 Å². The molecule has 0 radical (unpaired) electrons. The molecule has 0 aromatic carbocycles. The van der Waals surface area contributed by atoms with Crippen molar-refractivity contribution in [2.75, 3.05) is 25.6 Å². The Hall–Kier alpha value is -0.680. The SMILES string of the molecule is CCOCCc1nc(CC)c(Br)c(NC)n1. The molecule has 5 heteroatoms. The zero-order valence-corrected chi connectivity index (χ0v) is 11.6. The Labute approximate surface area is 105 Å². The van der Waals surface area contributed by atoms with Crippen molar-refractivity contribution in [2.24, 2.45) is 0 Å². The molecule has 0 atom stereocenters. The number of hydrogen-bond donors (Lipinski definition) is 1. The second-order valence-corrected chi connectivity index (χ2v) is 4.09. The molecule has 0 unspecified atom stereocenters. The van der Waals surface area contributed by atoms with Crippen LogP contribution < -0.4 is 5.32 Å². The minimum atomic E-state index is 0.671. The van der Waals surface area contributed by atoms with E-state index in [1.165, 1.54) is 0 Å². The Morgan fingerprint density at radius 1 is 1.31 bits per heavy atom. The predicted molar refractivity (Wildman–Crippen MR) is 68.9 cm³/mol. The zero-order valence-electron chi connectivity index (χ0n) is 10.0. The second kappa shape index (κ2) is 6.81. The number of aryl methyl sites for hydroxylation is 1. The van der Waals surface area contributed by atoms with E-state index in [2.05, 4.69) is 38.1 Å². The fourth-order valence-corrected chi connectivity index (χ4v) is 2.02. The summed E-state index contributed by atoms with van der Waals surface area (Å²) in [6, 6.07) is 0. The average molecular weight is 288 g/mol. The normalized spacial score (nSPS) is 10.5. The molecule has 1 rings (SSSR count). The standard InChI is InChI=1S/C11H18BrN3O/c1-4-8-10(12)11(13-3)15-9(14-8)6-7-16-5-2/h4-7H2,1-3H3,(H,13,14,15). The molecule has 0 fully saturated rings. The van der Waals surface area contributed by atoms with E-state index in [0.29, 0.717) is 6.61 Å². The molecule has 0 amide bonds. The number of aromatic nitrogens is 2. The lowest BCUT2D eigenvalue weighted by molar-refractivity contribution is 0.149. The summed E-state index contributed by atoms with van der Waals surface area (Å²) < 4.78 is 6.26. The maximum atomic E-state index is 5.30. The Bertz CT molecular complexity index is 319. The van der Waals surface area contributed by atoms with Gasteiger partial charge in [0, 0.05) is 20.1 Å². The van der Waals surface area contributed by atoms with Crippen molar-refractivity contribution in [3.63, 3.8) is 0 Å². The van der Waals surface area contributed by atoms with Crippen LogP contribution in [0.1, 0.15) is 25.4 Å². The van der Waals surface area contributed by atoms with Crippen molar-refractivity contribution < 1.29 is 4.74 Å². The molecule has 1 aromatic heterocycles. The molecule has 1 aromatic rings. The lowest BCUT2D eigenvalue weighted by atomic mass is 10.3. The van der Waals surface area contributed by atoms with Gasteiger partial charge in [-0.05, 0) is 29.3 Å². The van der Waals surface area contributed by atoms with Crippen LogP contribution in [0.3, 0.4) is 0 Å². The van der Waals surface area contributed by atoms with Gasteiger partial charge in [0.2, 0.25) is 0 Å². The van der Waals surface area contributed by atoms with Crippen LogP contribution in [0.15, 0.2) is 4.47 Å². The Balaban J connectivity index is 2.84. The van der Waals surface area contributed by atoms with Gasteiger partial charge in [0.1, 0.15) is 11.6 Å². The molecule has 0 aliphatic heterocycles. The van der Waals surface area contributed by atoms with E-state index in [1.54, 1.807) is 0 Å².